The Morgan fingerprint density at radius 1 is 0.967 bits per heavy atom. The molecule has 6 heteroatoms. The molecule has 1 saturated heterocycles. The molecule has 5 nitrogen and oxygen atoms in total. The molecule has 1 fully saturated rings. The van der Waals surface area contributed by atoms with Gasteiger partial charge in [-0.1, -0.05) is 60.7 Å². The molecular formula is C24H33IN4O. The number of nitrogens with zero attached hydrogens (tertiary/aromatic N) is 2. The Kier molecular flexibility index (Phi) is 10.7. The van der Waals surface area contributed by atoms with E-state index >= 15 is 0 Å². The lowest BCUT2D eigenvalue weighted by molar-refractivity contribution is -0.129. The highest BCUT2D eigenvalue weighted by atomic mass is 127. The quantitative estimate of drug-likeness (QED) is 0.314. The molecule has 1 aliphatic heterocycles. The van der Waals surface area contributed by atoms with Crippen molar-refractivity contribution >= 4 is 35.8 Å². The average Bonchev–Trinajstić information content (AvgIpc) is 3.30. The van der Waals surface area contributed by atoms with Gasteiger partial charge in [-0.3, -0.25) is 9.79 Å². The summed E-state index contributed by atoms with van der Waals surface area (Å²) in [5.41, 5.74) is 2.50. The summed E-state index contributed by atoms with van der Waals surface area (Å²) in [6.45, 7) is 5.89. The van der Waals surface area contributed by atoms with Gasteiger partial charge in [0.25, 0.3) is 0 Å². The predicted molar refractivity (Wildman–Crippen MR) is 135 cm³/mol. The SMILES string of the molecule is CCNC(=NCC(c1ccccc1)c1ccccc1)NCCC(=O)N1CCCC1.I. The zero-order valence-corrected chi connectivity index (χ0v) is 20.0. The van der Waals surface area contributed by atoms with Gasteiger partial charge in [-0.2, -0.15) is 0 Å². The van der Waals surface area contributed by atoms with E-state index in [9.17, 15) is 4.79 Å². The third-order valence-electron chi connectivity index (χ3n) is 5.27. The molecule has 0 bridgehead atoms. The second-order valence-corrected chi connectivity index (χ2v) is 7.36. The van der Waals surface area contributed by atoms with Crippen LogP contribution < -0.4 is 10.6 Å². The Bertz CT molecular complexity index is 737. The van der Waals surface area contributed by atoms with Crippen molar-refractivity contribution in [1.29, 1.82) is 0 Å². The summed E-state index contributed by atoms with van der Waals surface area (Å²) in [7, 11) is 0. The van der Waals surface area contributed by atoms with Gasteiger partial charge in [0.05, 0.1) is 6.54 Å². The van der Waals surface area contributed by atoms with E-state index in [1.165, 1.54) is 11.1 Å². The molecule has 30 heavy (non-hydrogen) atoms. The highest BCUT2D eigenvalue weighted by molar-refractivity contribution is 14.0. The number of halogens is 1. The highest BCUT2D eigenvalue weighted by Crippen LogP contribution is 2.24. The van der Waals surface area contributed by atoms with Gasteiger partial charge in [-0.15, -0.1) is 24.0 Å². The molecule has 162 valence electrons. The number of likely N-dealkylation sites (tertiary alicyclic amines) is 1. The van der Waals surface area contributed by atoms with Crippen LogP contribution in [0.1, 0.15) is 43.2 Å². The number of benzene rings is 2. The fourth-order valence-corrected chi connectivity index (χ4v) is 3.71. The minimum Gasteiger partial charge on any atom is -0.357 e. The summed E-state index contributed by atoms with van der Waals surface area (Å²) in [5, 5.41) is 6.62. The fraction of sp³-hybridized carbons (Fsp3) is 0.417. The maximum Gasteiger partial charge on any atom is 0.224 e. The molecule has 3 rings (SSSR count). The zero-order valence-electron chi connectivity index (χ0n) is 17.7. The first-order valence-corrected chi connectivity index (χ1v) is 10.7. The number of carbonyl (C=O) groups is 1. The molecule has 2 N–H and O–H groups in total. The van der Waals surface area contributed by atoms with E-state index in [0.29, 0.717) is 19.5 Å². The van der Waals surface area contributed by atoms with Crippen molar-refractivity contribution in [2.45, 2.75) is 32.1 Å². The van der Waals surface area contributed by atoms with Crippen molar-refractivity contribution in [2.24, 2.45) is 4.99 Å². The predicted octanol–water partition coefficient (Wildman–Crippen LogP) is 4.00. The lowest BCUT2D eigenvalue weighted by Gasteiger charge is -2.18. The summed E-state index contributed by atoms with van der Waals surface area (Å²) in [6.07, 6.45) is 2.76. The number of hydrogen-bond acceptors (Lipinski definition) is 2. The van der Waals surface area contributed by atoms with Crippen LogP contribution in [-0.4, -0.2) is 49.5 Å². The molecule has 0 atom stereocenters. The van der Waals surface area contributed by atoms with Crippen LogP contribution in [-0.2, 0) is 4.79 Å². The van der Waals surface area contributed by atoms with Crippen molar-refractivity contribution in [3.05, 3.63) is 71.8 Å². The lowest BCUT2D eigenvalue weighted by Crippen LogP contribution is -2.40. The molecule has 0 spiro atoms. The van der Waals surface area contributed by atoms with E-state index in [0.717, 1.165) is 38.4 Å². The molecule has 2 aromatic rings. The van der Waals surface area contributed by atoms with Gasteiger partial charge < -0.3 is 15.5 Å². The van der Waals surface area contributed by atoms with Crippen LogP contribution in [0.4, 0.5) is 0 Å². The number of amides is 1. The van der Waals surface area contributed by atoms with Crippen LogP contribution in [0.3, 0.4) is 0 Å². The lowest BCUT2D eigenvalue weighted by atomic mass is 9.91. The normalized spacial score (nSPS) is 13.8. The Morgan fingerprint density at radius 3 is 2.07 bits per heavy atom. The van der Waals surface area contributed by atoms with Crippen LogP contribution in [0.2, 0.25) is 0 Å². The van der Waals surface area contributed by atoms with Crippen molar-refractivity contribution in [2.75, 3.05) is 32.7 Å². The number of rotatable bonds is 8. The van der Waals surface area contributed by atoms with E-state index < -0.39 is 0 Å². The van der Waals surface area contributed by atoms with Crippen molar-refractivity contribution in [3.8, 4) is 0 Å². The van der Waals surface area contributed by atoms with Crippen molar-refractivity contribution in [3.63, 3.8) is 0 Å². The fourth-order valence-electron chi connectivity index (χ4n) is 3.71. The van der Waals surface area contributed by atoms with Crippen LogP contribution in [0.15, 0.2) is 65.7 Å². The van der Waals surface area contributed by atoms with Gasteiger partial charge in [-0.05, 0) is 30.9 Å². The first kappa shape index (κ1) is 24.2. The molecule has 2 aromatic carbocycles. The topological polar surface area (TPSA) is 56.7 Å². The number of nitrogens with one attached hydrogen (secondary N) is 2. The van der Waals surface area contributed by atoms with Crippen LogP contribution >= 0.6 is 24.0 Å². The number of hydrogen-bond donors (Lipinski definition) is 2. The minimum atomic E-state index is 0. The summed E-state index contributed by atoms with van der Waals surface area (Å²) in [6, 6.07) is 21.0. The summed E-state index contributed by atoms with van der Waals surface area (Å²) in [4.78, 5) is 19.0. The Balaban J connectivity index is 0.00000320. The third-order valence-corrected chi connectivity index (χ3v) is 5.27. The van der Waals surface area contributed by atoms with E-state index in [4.69, 9.17) is 4.99 Å². The monoisotopic (exact) mass is 520 g/mol. The summed E-state index contributed by atoms with van der Waals surface area (Å²) >= 11 is 0. The van der Waals surface area contributed by atoms with Gasteiger partial charge in [0.1, 0.15) is 0 Å². The summed E-state index contributed by atoms with van der Waals surface area (Å²) in [5.74, 6) is 1.19. The molecular weight excluding hydrogens is 487 g/mol. The average molecular weight is 520 g/mol. The van der Waals surface area contributed by atoms with Crippen LogP contribution in [0.5, 0.6) is 0 Å². The largest absolute Gasteiger partial charge is 0.357 e. The first-order valence-electron chi connectivity index (χ1n) is 10.7. The highest BCUT2D eigenvalue weighted by Gasteiger charge is 2.17. The van der Waals surface area contributed by atoms with E-state index in [-0.39, 0.29) is 35.8 Å². The summed E-state index contributed by atoms with van der Waals surface area (Å²) < 4.78 is 0. The molecule has 1 aliphatic rings. The Morgan fingerprint density at radius 2 is 1.53 bits per heavy atom. The smallest absolute Gasteiger partial charge is 0.224 e. The standard InChI is InChI=1S/C24H32N4O.HI/c1-2-25-24(26-16-15-23(29)28-17-9-10-18-28)27-19-22(20-11-5-3-6-12-20)21-13-7-4-8-14-21;/h3-8,11-14,22H,2,9-10,15-19H2,1H3,(H2,25,26,27);1H. The van der Waals surface area contributed by atoms with E-state index in [1.807, 2.05) is 17.0 Å². The molecule has 1 heterocycles. The van der Waals surface area contributed by atoms with E-state index in [1.54, 1.807) is 0 Å². The molecule has 0 radical (unpaired) electrons. The number of guanidine groups is 1. The molecule has 0 saturated carbocycles. The zero-order chi connectivity index (χ0) is 20.3. The molecule has 1 amide bonds. The number of carbonyl (C=O) groups excluding carboxylic acids is 1. The Hall–Kier alpha value is -2.09. The van der Waals surface area contributed by atoms with E-state index in [2.05, 4.69) is 66.1 Å². The maximum absolute atomic E-state index is 12.2. The second-order valence-electron chi connectivity index (χ2n) is 7.36. The van der Waals surface area contributed by atoms with Gasteiger partial charge in [0.2, 0.25) is 5.91 Å². The van der Waals surface area contributed by atoms with Crippen LogP contribution in [0.25, 0.3) is 0 Å². The van der Waals surface area contributed by atoms with Crippen LogP contribution in [0, 0.1) is 0 Å². The van der Waals surface area contributed by atoms with Gasteiger partial charge in [0.15, 0.2) is 5.96 Å². The number of aliphatic imine (C=N–C) groups is 1. The minimum absolute atomic E-state index is 0. The van der Waals surface area contributed by atoms with Crippen molar-refractivity contribution < 1.29 is 4.79 Å². The third kappa shape index (κ3) is 7.31. The van der Waals surface area contributed by atoms with Crippen molar-refractivity contribution in [1.82, 2.24) is 15.5 Å². The maximum atomic E-state index is 12.2. The first-order chi connectivity index (χ1) is 14.3. The molecule has 0 unspecified atom stereocenters. The van der Waals surface area contributed by atoms with Gasteiger partial charge >= 0.3 is 0 Å². The van der Waals surface area contributed by atoms with Gasteiger partial charge in [-0.25, -0.2) is 0 Å². The van der Waals surface area contributed by atoms with Gasteiger partial charge in [0, 0.05) is 38.5 Å². The molecule has 0 aliphatic carbocycles. The Labute approximate surface area is 197 Å². The second kappa shape index (κ2) is 13.3. The molecule has 0 aromatic heterocycles.